The second kappa shape index (κ2) is 21.8. The Labute approximate surface area is 147 Å². The highest BCUT2D eigenvalue weighted by molar-refractivity contribution is 4.62. The predicted octanol–water partition coefficient (Wildman–Crippen LogP) is 3.14. The van der Waals surface area contributed by atoms with E-state index >= 15 is 0 Å². The van der Waals surface area contributed by atoms with E-state index in [1.54, 1.807) is 0 Å². The smallest absolute Gasteiger partial charge is 0.00506 e. The first-order chi connectivity index (χ1) is 11.2. The van der Waals surface area contributed by atoms with Gasteiger partial charge in [-0.3, -0.25) is 0 Å². The van der Waals surface area contributed by atoms with Crippen LogP contribution < -0.4 is 21.3 Å². The summed E-state index contributed by atoms with van der Waals surface area (Å²) in [6.07, 6.45) is 6.36. The monoisotopic (exact) mass is 330 g/mol. The fourth-order valence-corrected chi connectivity index (χ4v) is 2.46. The minimum atomic E-state index is 0.635. The van der Waals surface area contributed by atoms with E-state index in [2.05, 4.69) is 49.0 Å². The molecule has 2 atom stereocenters. The SMILES string of the molecule is CC.CCNC(C)CCNCCCCCNCCC(C)NCC. The molecule has 0 spiro atoms. The Morgan fingerprint density at radius 3 is 1.35 bits per heavy atom. The maximum absolute atomic E-state index is 3.54. The molecular weight excluding hydrogens is 284 g/mol. The Morgan fingerprint density at radius 1 is 0.609 bits per heavy atom. The standard InChI is InChI=1S/C17H40N4.C2H6/c1-5-20-16(3)10-14-18-12-8-7-9-13-19-15-11-17(4)21-6-2;1-2/h16-21H,5-15H2,1-4H3;1-2H3. The molecule has 0 rings (SSSR count). The van der Waals surface area contributed by atoms with Crippen LogP contribution >= 0.6 is 0 Å². The average molecular weight is 331 g/mol. The van der Waals surface area contributed by atoms with Crippen molar-refractivity contribution in [2.75, 3.05) is 39.3 Å². The van der Waals surface area contributed by atoms with Gasteiger partial charge in [-0.1, -0.05) is 34.1 Å². The molecule has 2 unspecified atom stereocenters. The number of hydrogen-bond donors (Lipinski definition) is 4. The molecule has 0 aromatic heterocycles. The Morgan fingerprint density at radius 2 is 1.00 bits per heavy atom. The van der Waals surface area contributed by atoms with E-state index in [4.69, 9.17) is 0 Å². The molecule has 4 nitrogen and oxygen atoms in total. The molecule has 0 saturated heterocycles. The third kappa shape index (κ3) is 21.8. The van der Waals surface area contributed by atoms with Gasteiger partial charge >= 0.3 is 0 Å². The van der Waals surface area contributed by atoms with Gasteiger partial charge in [0.05, 0.1) is 0 Å². The van der Waals surface area contributed by atoms with Gasteiger partial charge in [-0.25, -0.2) is 0 Å². The molecule has 4 N–H and O–H groups in total. The molecule has 0 aliphatic heterocycles. The van der Waals surface area contributed by atoms with Crippen molar-refractivity contribution >= 4 is 0 Å². The minimum absolute atomic E-state index is 0.635. The third-order valence-electron chi connectivity index (χ3n) is 3.82. The maximum Gasteiger partial charge on any atom is 0.00506 e. The number of rotatable bonds is 16. The lowest BCUT2D eigenvalue weighted by Gasteiger charge is -2.13. The van der Waals surface area contributed by atoms with Crippen LogP contribution in [0.5, 0.6) is 0 Å². The summed E-state index contributed by atoms with van der Waals surface area (Å²) in [6, 6.07) is 1.27. The van der Waals surface area contributed by atoms with Crippen molar-refractivity contribution in [3.05, 3.63) is 0 Å². The topological polar surface area (TPSA) is 48.1 Å². The molecule has 0 radical (unpaired) electrons. The predicted molar refractivity (Wildman–Crippen MR) is 106 cm³/mol. The normalized spacial score (nSPS) is 13.3. The lowest BCUT2D eigenvalue weighted by Crippen LogP contribution is -2.30. The molecule has 0 amide bonds. The van der Waals surface area contributed by atoms with Crippen LogP contribution in [0.3, 0.4) is 0 Å². The molecule has 0 saturated carbocycles. The van der Waals surface area contributed by atoms with Crippen molar-refractivity contribution in [3.63, 3.8) is 0 Å². The average Bonchev–Trinajstić information content (AvgIpc) is 2.55. The summed E-state index contributed by atoms with van der Waals surface area (Å²) in [5.74, 6) is 0. The zero-order valence-electron chi connectivity index (χ0n) is 16.9. The summed E-state index contributed by atoms with van der Waals surface area (Å²) in [4.78, 5) is 0. The molecular formula is C19H46N4. The van der Waals surface area contributed by atoms with Crippen LogP contribution in [-0.2, 0) is 0 Å². The maximum atomic E-state index is 3.54. The first-order valence-electron chi connectivity index (χ1n) is 10.1. The van der Waals surface area contributed by atoms with E-state index < -0.39 is 0 Å². The quantitative estimate of drug-likeness (QED) is 0.328. The highest BCUT2D eigenvalue weighted by atomic mass is 14.9. The lowest BCUT2D eigenvalue weighted by molar-refractivity contribution is 0.487. The molecule has 0 aliphatic carbocycles. The molecule has 23 heavy (non-hydrogen) atoms. The lowest BCUT2D eigenvalue weighted by atomic mass is 10.2. The fourth-order valence-electron chi connectivity index (χ4n) is 2.46. The molecule has 0 bridgehead atoms. The minimum Gasteiger partial charge on any atom is -0.317 e. The Bertz CT molecular complexity index is 180. The van der Waals surface area contributed by atoms with Crippen molar-refractivity contribution in [2.24, 2.45) is 0 Å². The highest BCUT2D eigenvalue weighted by Gasteiger charge is 1.99. The van der Waals surface area contributed by atoms with Gasteiger partial charge in [0.25, 0.3) is 0 Å². The summed E-state index contributed by atoms with van der Waals surface area (Å²) in [5, 5.41) is 14.0. The zero-order valence-corrected chi connectivity index (χ0v) is 16.9. The van der Waals surface area contributed by atoms with Gasteiger partial charge in [0.2, 0.25) is 0 Å². The molecule has 0 aromatic carbocycles. The van der Waals surface area contributed by atoms with E-state index in [9.17, 15) is 0 Å². The van der Waals surface area contributed by atoms with Gasteiger partial charge in [-0.2, -0.15) is 0 Å². The van der Waals surface area contributed by atoms with Gasteiger partial charge < -0.3 is 21.3 Å². The summed E-state index contributed by atoms with van der Waals surface area (Å²) < 4.78 is 0. The second-order valence-corrected chi connectivity index (χ2v) is 6.06. The van der Waals surface area contributed by atoms with Crippen molar-refractivity contribution in [2.45, 2.75) is 85.7 Å². The first kappa shape index (κ1) is 25.1. The van der Waals surface area contributed by atoms with E-state index in [1.165, 1.54) is 32.1 Å². The van der Waals surface area contributed by atoms with Crippen LogP contribution in [0.15, 0.2) is 0 Å². The van der Waals surface area contributed by atoms with Crippen molar-refractivity contribution < 1.29 is 0 Å². The van der Waals surface area contributed by atoms with E-state index in [1.807, 2.05) is 13.8 Å². The van der Waals surface area contributed by atoms with E-state index in [0.717, 1.165) is 39.3 Å². The molecule has 0 aliphatic rings. The van der Waals surface area contributed by atoms with Gasteiger partial charge in [0, 0.05) is 12.1 Å². The number of unbranched alkanes of at least 4 members (excludes halogenated alkanes) is 2. The van der Waals surface area contributed by atoms with Gasteiger partial charge in [0.15, 0.2) is 0 Å². The Hall–Kier alpha value is -0.160. The summed E-state index contributed by atoms with van der Waals surface area (Å²) in [7, 11) is 0. The van der Waals surface area contributed by atoms with Crippen LogP contribution in [0, 0.1) is 0 Å². The zero-order chi connectivity index (χ0) is 17.8. The van der Waals surface area contributed by atoms with E-state index in [-0.39, 0.29) is 0 Å². The van der Waals surface area contributed by atoms with Gasteiger partial charge in [0.1, 0.15) is 0 Å². The first-order valence-corrected chi connectivity index (χ1v) is 10.1. The summed E-state index contributed by atoms with van der Waals surface area (Å²) >= 11 is 0. The summed E-state index contributed by atoms with van der Waals surface area (Å²) in [6.45, 7) is 19.6. The van der Waals surface area contributed by atoms with Crippen molar-refractivity contribution in [1.29, 1.82) is 0 Å². The van der Waals surface area contributed by atoms with Crippen molar-refractivity contribution in [3.8, 4) is 0 Å². The number of nitrogens with one attached hydrogen (secondary N) is 4. The fraction of sp³-hybridized carbons (Fsp3) is 1.00. The van der Waals surface area contributed by atoms with Crippen LogP contribution in [0.1, 0.15) is 73.6 Å². The molecule has 142 valence electrons. The van der Waals surface area contributed by atoms with Crippen LogP contribution in [-0.4, -0.2) is 51.4 Å². The Kier molecular flexibility index (Phi) is 23.8. The second-order valence-electron chi connectivity index (χ2n) is 6.06. The molecule has 0 heterocycles. The van der Waals surface area contributed by atoms with Crippen LogP contribution in [0.2, 0.25) is 0 Å². The van der Waals surface area contributed by atoms with Gasteiger partial charge in [-0.15, -0.1) is 0 Å². The van der Waals surface area contributed by atoms with Crippen molar-refractivity contribution in [1.82, 2.24) is 21.3 Å². The van der Waals surface area contributed by atoms with E-state index in [0.29, 0.717) is 12.1 Å². The largest absolute Gasteiger partial charge is 0.317 e. The molecule has 4 heteroatoms. The molecule has 0 fully saturated rings. The third-order valence-corrected chi connectivity index (χ3v) is 3.82. The Balaban J connectivity index is 0. The highest BCUT2D eigenvalue weighted by Crippen LogP contribution is 1.94. The summed E-state index contributed by atoms with van der Waals surface area (Å²) in [5.41, 5.74) is 0. The van der Waals surface area contributed by atoms with Gasteiger partial charge in [-0.05, 0) is 78.8 Å². The van der Waals surface area contributed by atoms with Crippen LogP contribution in [0.4, 0.5) is 0 Å². The molecule has 0 aromatic rings. The number of hydrogen-bond acceptors (Lipinski definition) is 4. The van der Waals surface area contributed by atoms with Crippen LogP contribution in [0.25, 0.3) is 0 Å².